The summed E-state index contributed by atoms with van der Waals surface area (Å²) in [7, 11) is 0. The highest BCUT2D eigenvalue weighted by Crippen LogP contribution is 2.74. The van der Waals surface area contributed by atoms with Crippen molar-refractivity contribution in [1.82, 2.24) is 0 Å². The van der Waals surface area contributed by atoms with Crippen molar-refractivity contribution < 1.29 is 10.2 Å². The second-order valence-corrected chi connectivity index (χ2v) is 14.7. The summed E-state index contributed by atoms with van der Waals surface area (Å²) in [5.41, 5.74) is 4.51. The topological polar surface area (TPSA) is 40.5 Å². The number of hydrogen-bond donors (Lipinski definition) is 2. The Balaban J connectivity index is 1.59. The summed E-state index contributed by atoms with van der Waals surface area (Å²) in [5, 5.41) is 21.1. The van der Waals surface area contributed by atoms with E-state index in [-0.39, 0.29) is 33.2 Å². The van der Waals surface area contributed by atoms with Gasteiger partial charge in [-0.3, -0.25) is 0 Å². The molecule has 2 N–H and O–H groups in total. The molecule has 0 unspecified atom stereocenters. The Morgan fingerprint density at radius 1 is 0.906 bits per heavy atom. The lowest BCUT2D eigenvalue weighted by Crippen LogP contribution is -2.60. The smallest absolute Gasteiger partial charge is 0.0597 e. The van der Waals surface area contributed by atoms with Crippen molar-refractivity contribution in [3.05, 3.63) is 23.3 Å². The van der Waals surface area contributed by atoms with Gasteiger partial charge in [0.25, 0.3) is 0 Å². The number of rotatable bonds is 1. The van der Waals surface area contributed by atoms with E-state index >= 15 is 0 Å². The molecule has 0 heterocycles. The van der Waals surface area contributed by atoms with Gasteiger partial charge in [-0.1, -0.05) is 66.2 Å². The minimum atomic E-state index is -0.203. The van der Waals surface area contributed by atoms with Gasteiger partial charge in [-0.05, 0) is 108 Å². The normalized spacial score (nSPS) is 54.3. The van der Waals surface area contributed by atoms with Gasteiger partial charge in [-0.2, -0.15) is 0 Å². The predicted octanol–water partition coefficient (Wildman–Crippen LogP) is 7.06. The zero-order chi connectivity index (χ0) is 23.4. The van der Waals surface area contributed by atoms with Crippen LogP contribution in [0.1, 0.15) is 106 Å². The largest absolute Gasteiger partial charge is 0.396 e. The molecule has 0 radical (unpaired) electrons. The van der Waals surface area contributed by atoms with Gasteiger partial charge in [0.05, 0.1) is 6.10 Å². The highest BCUT2D eigenvalue weighted by molar-refractivity contribution is 5.46. The number of allylic oxidation sites excluding steroid dienone is 4. The molecule has 8 atom stereocenters. The maximum atomic E-state index is 10.8. The Labute approximate surface area is 197 Å². The Hall–Kier alpha value is -0.600. The third kappa shape index (κ3) is 2.72. The lowest BCUT2D eigenvalue weighted by atomic mass is 9.36. The average molecular weight is 441 g/mol. The fraction of sp³-hybridized carbons (Fsp3) is 0.867. The van der Waals surface area contributed by atoms with Crippen LogP contribution in [0.25, 0.3) is 0 Å². The van der Waals surface area contributed by atoms with Gasteiger partial charge in [0.2, 0.25) is 0 Å². The van der Waals surface area contributed by atoms with Gasteiger partial charge in [0.15, 0.2) is 0 Å². The second-order valence-electron chi connectivity index (χ2n) is 14.7. The molecule has 32 heavy (non-hydrogen) atoms. The Kier molecular flexibility index (Phi) is 4.88. The van der Waals surface area contributed by atoms with E-state index in [9.17, 15) is 10.2 Å². The summed E-state index contributed by atoms with van der Waals surface area (Å²) >= 11 is 0. The third-order valence-corrected chi connectivity index (χ3v) is 12.7. The first-order valence-electron chi connectivity index (χ1n) is 13.5. The fourth-order valence-electron chi connectivity index (χ4n) is 9.85. The van der Waals surface area contributed by atoms with E-state index in [1.165, 1.54) is 44.9 Å². The van der Waals surface area contributed by atoms with Crippen LogP contribution in [-0.2, 0) is 0 Å². The fourth-order valence-corrected chi connectivity index (χ4v) is 9.85. The van der Waals surface area contributed by atoms with Crippen LogP contribution in [0.2, 0.25) is 0 Å². The molecule has 2 heteroatoms. The molecule has 0 aromatic carbocycles. The Morgan fingerprint density at radius 3 is 2.28 bits per heavy atom. The number of fused-ring (bicyclic) bond motifs is 6. The van der Waals surface area contributed by atoms with Crippen LogP contribution in [-0.4, -0.2) is 22.9 Å². The van der Waals surface area contributed by atoms with Gasteiger partial charge in [0.1, 0.15) is 0 Å². The molecule has 5 aliphatic carbocycles. The molecule has 0 amide bonds. The first-order chi connectivity index (χ1) is 14.8. The van der Waals surface area contributed by atoms with Crippen molar-refractivity contribution in [2.24, 2.45) is 44.3 Å². The molecule has 0 saturated heterocycles. The van der Waals surface area contributed by atoms with E-state index in [1.54, 1.807) is 11.1 Å². The minimum Gasteiger partial charge on any atom is -0.396 e. The quantitative estimate of drug-likeness (QED) is 0.458. The van der Waals surface area contributed by atoms with Crippen LogP contribution < -0.4 is 0 Å². The number of hydrogen-bond acceptors (Lipinski definition) is 2. The summed E-state index contributed by atoms with van der Waals surface area (Å²) in [6.07, 6.45) is 15.6. The highest BCUT2D eigenvalue weighted by Gasteiger charge is 2.65. The van der Waals surface area contributed by atoms with Crippen molar-refractivity contribution in [2.45, 2.75) is 112 Å². The lowest BCUT2D eigenvalue weighted by Gasteiger charge is -2.69. The number of aliphatic hydroxyl groups excluding tert-OH is 2. The predicted molar refractivity (Wildman–Crippen MR) is 132 cm³/mol. The molecule has 0 aromatic heterocycles. The van der Waals surface area contributed by atoms with Crippen LogP contribution in [0.5, 0.6) is 0 Å². The van der Waals surface area contributed by atoms with Crippen molar-refractivity contribution in [3.8, 4) is 0 Å². The van der Waals surface area contributed by atoms with E-state index < -0.39 is 0 Å². The van der Waals surface area contributed by atoms with Gasteiger partial charge >= 0.3 is 0 Å². The maximum Gasteiger partial charge on any atom is 0.0597 e. The Bertz CT molecular complexity index is 868. The second kappa shape index (κ2) is 6.75. The summed E-state index contributed by atoms with van der Waals surface area (Å²) < 4.78 is 0. The SMILES string of the molecule is CC1(C)[C@H](O)CC[C@]2(C)C3=C(C=C[C@@H]12)[C@@]1(C)CC[C@@]2(C)CC[C@@](C)(CO)C[C@H]2[C@]1(C)CC3. The highest BCUT2D eigenvalue weighted by atomic mass is 16.3. The lowest BCUT2D eigenvalue weighted by molar-refractivity contribution is -0.154. The van der Waals surface area contributed by atoms with Crippen LogP contribution in [0.15, 0.2) is 23.3 Å². The molecular formula is C30H48O2. The molecule has 0 bridgehead atoms. The van der Waals surface area contributed by atoms with Crippen LogP contribution in [0.4, 0.5) is 0 Å². The molecule has 180 valence electrons. The summed E-state index contributed by atoms with van der Waals surface area (Å²) in [4.78, 5) is 0. The van der Waals surface area contributed by atoms with Gasteiger partial charge in [-0.25, -0.2) is 0 Å². The number of aliphatic hydroxyl groups is 2. The van der Waals surface area contributed by atoms with Gasteiger partial charge < -0.3 is 10.2 Å². The zero-order valence-electron chi connectivity index (χ0n) is 21.9. The molecule has 5 aliphatic rings. The van der Waals surface area contributed by atoms with Crippen molar-refractivity contribution >= 4 is 0 Å². The summed E-state index contributed by atoms with van der Waals surface area (Å²) in [5.74, 6) is 1.10. The van der Waals surface area contributed by atoms with Gasteiger partial charge in [-0.15, -0.1) is 0 Å². The third-order valence-electron chi connectivity index (χ3n) is 12.7. The van der Waals surface area contributed by atoms with E-state index in [0.29, 0.717) is 23.9 Å². The molecule has 0 aliphatic heterocycles. The van der Waals surface area contributed by atoms with Crippen LogP contribution in [0.3, 0.4) is 0 Å². The van der Waals surface area contributed by atoms with Crippen molar-refractivity contribution in [1.29, 1.82) is 0 Å². The molecule has 0 aromatic rings. The molecule has 0 spiro atoms. The summed E-state index contributed by atoms with van der Waals surface area (Å²) in [6.45, 7) is 17.5. The monoisotopic (exact) mass is 440 g/mol. The van der Waals surface area contributed by atoms with E-state index in [2.05, 4.69) is 60.6 Å². The molecule has 5 rings (SSSR count). The first kappa shape index (κ1) is 23.2. The molecule has 2 nitrogen and oxygen atoms in total. The van der Waals surface area contributed by atoms with Crippen molar-refractivity contribution in [3.63, 3.8) is 0 Å². The Morgan fingerprint density at radius 2 is 1.59 bits per heavy atom. The van der Waals surface area contributed by atoms with Gasteiger partial charge in [0, 0.05) is 6.61 Å². The molecular weight excluding hydrogens is 392 g/mol. The molecule has 3 saturated carbocycles. The zero-order valence-corrected chi connectivity index (χ0v) is 21.9. The maximum absolute atomic E-state index is 10.8. The van der Waals surface area contributed by atoms with E-state index in [0.717, 1.165) is 12.8 Å². The summed E-state index contributed by atoms with van der Waals surface area (Å²) in [6, 6.07) is 0. The van der Waals surface area contributed by atoms with E-state index in [1.807, 2.05) is 0 Å². The van der Waals surface area contributed by atoms with Crippen LogP contribution >= 0.6 is 0 Å². The van der Waals surface area contributed by atoms with Crippen LogP contribution in [0, 0.1) is 44.3 Å². The molecule has 3 fully saturated rings. The average Bonchev–Trinajstić information content (AvgIpc) is 2.74. The first-order valence-corrected chi connectivity index (χ1v) is 13.5. The minimum absolute atomic E-state index is 0.0683. The standard InChI is InChI=1S/C30H48O2/c1-25(2)22-9-8-21-20(28(22,5)12-11-24(25)32)10-13-30(7)23-18-26(3,19-31)14-15-27(23,4)16-17-29(21,30)6/h8-9,22-24,31-32H,10-19H2,1-7H3/t22-,23+,24+,26+,27+,28+,29+,30-/m0/s1. The van der Waals surface area contributed by atoms with Crippen molar-refractivity contribution in [2.75, 3.05) is 6.61 Å². The van der Waals surface area contributed by atoms with E-state index in [4.69, 9.17) is 0 Å².